The highest BCUT2D eigenvalue weighted by atomic mass is 35.7. The van der Waals surface area contributed by atoms with Crippen LogP contribution in [0.15, 0.2) is 23.1 Å². The van der Waals surface area contributed by atoms with E-state index in [4.69, 9.17) is 15.4 Å². The maximum absolute atomic E-state index is 11.9. The molecule has 0 atom stereocenters. The van der Waals surface area contributed by atoms with Gasteiger partial charge in [0.2, 0.25) is 0 Å². The van der Waals surface area contributed by atoms with Gasteiger partial charge in [-0.05, 0) is 43.4 Å². The van der Waals surface area contributed by atoms with Gasteiger partial charge in [0, 0.05) is 10.7 Å². The first-order valence-corrected chi connectivity index (χ1v) is 8.51. The van der Waals surface area contributed by atoms with Crippen molar-refractivity contribution in [2.24, 2.45) is 0 Å². The minimum Gasteiger partial charge on any atom is -0.459 e. The van der Waals surface area contributed by atoms with Gasteiger partial charge in [-0.15, -0.1) is 0 Å². The predicted molar refractivity (Wildman–Crippen MR) is 71.9 cm³/mol. The zero-order valence-electron chi connectivity index (χ0n) is 10.6. The lowest BCUT2D eigenvalue weighted by atomic mass is 9.96. The van der Waals surface area contributed by atoms with Crippen LogP contribution in [-0.2, 0) is 20.2 Å². The van der Waals surface area contributed by atoms with Crippen LogP contribution in [0.5, 0.6) is 0 Å². The van der Waals surface area contributed by atoms with Gasteiger partial charge < -0.3 is 4.74 Å². The quantitative estimate of drug-likeness (QED) is 0.634. The van der Waals surface area contributed by atoms with Gasteiger partial charge in [-0.3, -0.25) is 0 Å². The molecular formula is C13H15ClO4S. The van der Waals surface area contributed by atoms with Gasteiger partial charge >= 0.3 is 5.97 Å². The molecule has 6 heteroatoms. The van der Waals surface area contributed by atoms with Crippen molar-refractivity contribution in [1.29, 1.82) is 0 Å². The number of carbonyl (C=O) groups excluding carboxylic acids is 1. The normalized spacial score (nSPS) is 15.9. The molecule has 0 bridgehead atoms. The highest BCUT2D eigenvalue weighted by Gasteiger charge is 2.24. The van der Waals surface area contributed by atoms with Crippen molar-refractivity contribution in [2.45, 2.75) is 43.6 Å². The fraction of sp³-hybridized carbons (Fsp3) is 0.462. The Kier molecular flexibility index (Phi) is 4.16. The molecule has 1 fully saturated rings. The van der Waals surface area contributed by atoms with Crippen molar-refractivity contribution < 1.29 is 17.9 Å². The molecule has 0 radical (unpaired) electrons. The van der Waals surface area contributed by atoms with E-state index in [2.05, 4.69) is 0 Å². The molecule has 0 heterocycles. The molecule has 0 N–H and O–H groups in total. The first kappa shape index (κ1) is 14.3. The van der Waals surface area contributed by atoms with E-state index in [9.17, 15) is 13.2 Å². The minimum absolute atomic E-state index is 0.0141. The summed E-state index contributed by atoms with van der Waals surface area (Å²) in [7, 11) is 1.53. The van der Waals surface area contributed by atoms with Crippen LogP contribution in [0, 0.1) is 0 Å². The van der Waals surface area contributed by atoms with Gasteiger partial charge in [-0.25, -0.2) is 13.2 Å². The average molecular weight is 303 g/mol. The minimum atomic E-state index is -3.86. The maximum atomic E-state index is 11.9. The van der Waals surface area contributed by atoms with Gasteiger partial charge in [0.05, 0.1) is 10.5 Å². The molecular weight excluding hydrogens is 288 g/mol. The smallest absolute Gasteiger partial charge is 0.338 e. The zero-order chi connectivity index (χ0) is 14.0. The van der Waals surface area contributed by atoms with Gasteiger partial charge in [0.1, 0.15) is 6.10 Å². The summed E-state index contributed by atoms with van der Waals surface area (Å²) >= 11 is 0. The molecule has 1 aliphatic rings. The first-order chi connectivity index (χ1) is 8.91. The van der Waals surface area contributed by atoms with Crippen LogP contribution in [0.3, 0.4) is 0 Å². The molecule has 0 amide bonds. The van der Waals surface area contributed by atoms with Gasteiger partial charge in [0.25, 0.3) is 9.05 Å². The lowest BCUT2D eigenvalue weighted by Crippen LogP contribution is -2.25. The Morgan fingerprint density at radius 3 is 2.58 bits per heavy atom. The number of ether oxygens (including phenoxy) is 1. The summed E-state index contributed by atoms with van der Waals surface area (Å²) in [4.78, 5) is 11.9. The van der Waals surface area contributed by atoms with Crippen LogP contribution in [0.2, 0.25) is 0 Å². The fourth-order valence-corrected chi connectivity index (χ4v) is 3.13. The molecule has 1 aromatic carbocycles. The lowest BCUT2D eigenvalue weighted by Gasteiger charge is -2.25. The standard InChI is InChI=1S/C13H15ClO4S/c1-2-9-6-7-10(8-12(9)19(14,16)17)13(15)18-11-4-3-5-11/h6-8,11H,2-5H2,1H3. The summed E-state index contributed by atoms with van der Waals surface area (Å²) in [5, 5.41) is 0. The maximum Gasteiger partial charge on any atom is 0.338 e. The van der Waals surface area contributed by atoms with E-state index in [-0.39, 0.29) is 16.6 Å². The van der Waals surface area contributed by atoms with Gasteiger partial charge in [-0.1, -0.05) is 13.0 Å². The molecule has 19 heavy (non-hydrogen) atoms. The first-order valence-electron chi connectivity index (χ1n) is 6.20. The summed E-state index contributed by atoms with van der Waals surface area (Å²) in [6.07, 6.45) is 3.31. The monoisotopic (exact) mass is 302 g/mol. The second kappa shape index (κ2) is 5.51. The van der Waals surface area contributed by atoms with E-state index < -0.39 is 15.0 Å². The molecule has 2 rings (SSSR count). The van der Waals surface area contributed by atoms with Crippen LogP contribution < -0.4 is 0 Å². The molecule has 1 aliphatic carbocycles. The number of benzene rings is 1. The Morgan fingerprint density at radius 2 is 2.11 bits per heavy atom. The average Bonchev–Trinajstić information content (AvgIpc) is 2.31. The van der Waals surface area contributed by atoms with Crippen LogP contribution >= 0.6 is 10.7 Å². The van der Waals surface area contributed by atoms with E-state index in [0.29, 0.717) is 12.0 Å². The molecule has 1 aromatic rings. The second-order valence-electron chi connectivity index (χ2n) is 4.57. The van der Waals surface area contributed by atoms with Crippen molar-refractivity contribution >= 4 is 25.7 Å². The number of rotatable bonds is 4. The molecule has 0 aromatic heterocycles. The summed E-state index contributed by atoms with van der Waals surface area (Å²) in [5.41, 5.74) is 0.818. The topological polar surface area (TPSA) is 60.4 Å². The Labute approximate surface area is 117 Å². The van der Waals surface area contributed by atoms with E-state index >= 15 is 0 Å². The highest BCUT2D eigenvalue weighted by Crippen LogP contribution is 2.25. The molecule has 0 unspecified atom stereocenters. The van der Waals surface area contributed by atoms with Crippen molar-refractivity contribution in [1.82, 2.24) is 0 Å². The zero-order valence-corrected chi connectivity index (χ0v) is 12.1. The van der Waals surface area contributed by atoms with Crippen molar-refractivity contribution in [3.63, 3.8) is 0 Å². The predicted octanol–water partition coefficient (Wildman–Crippen LogP) is 2.89. The van der Waals surface area contributed by atoms with Crippen LogP contribution in [-0.4, -0.2) is 20.5 Å². The van der Waals surface area contributed by atoms with Crippen LogP contribution in [0.1, 0.15) is 42.1 Å². The van der Waals surface area contributed by atoms with E-state index in [1.807, 2.05) is 6.92 Å². The number of esters is 1. The third kappa shape index (κ3) is 3.28. The van der Waals surface area contributed by atoms with Gasteiger partial charge in [0.15, 0.2) is 0 Å². The summed E-state index contributed by atoms with van der Waals surface area (Å²) in [6.45, 7) is 1.83. The van der Waals surface area contributed by atoms with Crippen LogP contribution in [0.4, 0.5) is 0 Å². The Bertz CT molecular complexity index is 591. The Morgan fingerprint density at radius 1 is 1.42 bits per heavy atom. The third-order valence-electron chi connectivity index (χ3n) is 3.27. The van der Waals surface area contributed by atoms with E-state index in [1.54, 1.807) is 12.1 Å². The molecule has 104 valence electrons. The SMILES string of the molecule is CCc1ccc(C(=O)OC2CCC2)cc1S(=O)(=O)Cl. The van der Waals surface area contributed by atoms with Gasteiger partial charge in [-0.2, -0.15) is 0 Å². The second-order valence-corrected chi connectivity index (χ2v) is 7.11. The molecule has 0 aliphatic heterocycles. The van der Waals surface area contributed by atoms with Crippen molar-refractivity contribution in [3.8, 4) is 0 Å². The number of carbonyl (C=O) groups is 1. The number of aryl methyl sites for hydroxylation is 1. The summed E-state index contributed by atoms with van der Waals surface area (Å²) in [5.74, 6) is -0.492. The van der Waals surface area contributed by atoms with Crippen molar-refractivity contribution in [2.75, 3.05) is 0 Å². The highest BCUT2D eigenvalue weighted by molar-refractivity contribution is 8.13. The lowest BCUT2D eigenvalue weighted by molar-refractivity contribution is 0.00898. The summed E-state index contributed by atoms with van der Waals surface area (Å²) in [6, 6.07) is 4.47. The van der Waals surface area contributed by atoms with Crippen molar-refractivity contribution in [3.05, 3.63) is 29.3 Å². The van der Waals surface area contributed by atoms with E-state index in [0.717, 1.165) is 19.3 Å². The van der Waals surface area contributed by atoms with Crippen LogP contribution in [0.25, 0.3) is 0 Å². The Balaban J connectivity index is 2.29. The summed E-state index contributed by atoms with van der Waals surface area (Å²) < 4.78 is 28.2. The number of hydrogen-bond donors (Lipinski definition) is 0. The third-order valence-corrected chi connectivity index (χ3v) is 4.68. The largest absolute Gasteiger partial charge is 0.459 e. The number of halogens is 1. The molecule has 1 saturated carbocycles. The van der Waals surface area contributed by atoms with E-state index in [1.165, 1.54) is 6.07 Å². The molecule has 4 nitrogen and oxygen atoms in total. The Hall–Kier alpha value is -1.07. The molecule has 0 spiro atoms. The number of hydrogen-bond acceptors (Lipinski definition) is 4. The fourth-order valence-electron chi connectivity index (χ4n) is 1.91. The molecule has 0 saturated heterocycles.